The van der Waals surface area contributed by atoms with Crippen molar-refractivity contribution in [1.82, 2.24) is 10.6 Å². The Kier molecular flexibility index (Phi) is 13.0. The van der Waals surface area contributed by atoms with Gasteiger partial charge < -0.3 is 37.6 Å². The van der Waals surface area contributed by atoms with Gasteiger partial charge in [-0.2, -0.15) is 9.58 Å². The average Bonchev–Trinajstić information content (AvgIpc) is 2.71. The first kappa shape index (κ1) is 27.9. The summed E-state index contributed by atoms with van der Waals surface area (Å²) in [5.74, 6) is -5.99. The van der Waals surface area contributed by atoms with Crippen LogP contribution >= 0.6 is 0 Å². The Balaban J connectivity index is 5.33. The van der Waals surface area contributed by atoms with Gasteiger partial charge >= 0.3 is 24.4 Å². The summed E-state index contributed by atoms with van der Waals surface area (Å²) in [5.41, 5.74) is 22.3. The number of nitrogens with two attached hydrogens (primary N) is 1. The number of carboxylic acid groups (broad SMARTS) is 2. The summed E-state index contributed by atoms with van der Waals surface area (Å²) in [6.45, 7) is 0. The second kappa shape index (κ2) is 14.8. The number of carbonyl (C=O) groups excluding carboxylic acids is 4. The van der Waals surface area contributed by atoms with E-state index >= 15 is 0 Å². The molecule has 174 valence electrons. The SMILES string of the molecule is [N-]=[N+]=CC(=O)CC[C@H](NC(=O)[C@H](CCC(=O)C=[N+]=[N-])NC(=O)[C@@H](N)CCC(=O)O)C(=O)O. The number of Topliss-reactive ketones (excluding diaryl/α,β-unsaturated/α-hetero) is 2. The van der Waals surface area contributed by atoms with E-state index in [1.165, 1.54) is 0 Å². The van der Waals surface area contributed by atoms with Gasteiger partial charge in [0.2, 0.25) is 23.4 Å². The third kappa shape index (κ3) is 11.8. The minimum Gasteiger partial charge on any atom is -0.481 e. The molecule has 0 heterocycles. The molecule has 32 heavy (non-hydrogen) atoms. The van der Waals surface area contributed by atoms with Gasteiger partial charge in [-0.05, 0) is 19.3 Å². The van der Waals surface area contributed by atoms with E-state index in [0.717, 1.165) is 0 Å². The van der Waals surface area contributed by atoms with Gasteiger partial charge in [-0.25, -0.2) is 4.79 Å². The summed E-state index contributed by atoms with van der Waals surface area (Å²) in [7, 11) is 0. The van der Waals surface area contributed by atoms with Crippen LogP contribution in [0.25, 0.3) is 11.1 Å². The predicted octanol–water partition coefficient (Wildman–Crippen LogP) is -2.47. The standard InChI is InChI=1S/C17H23N7O8/c18-11(3-6-14(27)28)15(29)23-12(4-1-9(25)7-21-19)16(30)24-13(17(31)32)5-2-10(26)8-22-20/h7-8,11-13H,1-6,18H2,(H,23,29)(H,24,30)(H,27,28)(H,31,32)/t11-,12-,13-/m0/s1. The second-order valence-electron chi connectivity index (χ2n) is 6.50. The second-order valence-corrected chi connectivity index (χ2v) is 6.50. The molecule has 0 spiro atoms. The normalized spacial score (nSPS) is 12.7. The summed E-state index contributed by atoms with van der Waals surface area (Å²) in [6, 6.07) is -4.28. The van der Waals surface area contributed by atoms with Crippen molar-refractivity contribution in [1.29, 1.82) is 0 Å². The number of hydrogen-bond donors (Lipinski definition) is 5. The molecular formula is C17H23N7O8. The van der Waals surface area contributed by atoms with E-state index in [4.69, 9.17) is 21.9 Å². The number of aliphatic carboxylic acids is 2. The number of amides is 2. The summed E-state index contributed by atoms with van der Waals surface area (Å²) in [5, 5.41) is 22.3. The van der Waals surface area contributed by atoms with Gasteiger partial charge in [-0.15, -0.1) is 0 Å². The molecule has 0 aromatic carbocycles. The van der Waals surface area contributed by atoms with Crippen LogP contribution in [0.4, 0.5) is 0 Å². The summed E-state index contributed by atoms with van der Waals surface area (Å²) >= 11 is 0. The maximum absolute atomic E-state index is 12.6. The zero-order chi connectivity index (χ0) is 24.7. The van der Waals surface area contributed by atoms with Crippen LogP contribution in [0.1, 0.15) is 38.5 Å². The molecule has 0 fully saturated rings. The van der Waals surface area contributed by atoms with Crippen molar-refractivity contribution in [2.24, 2.45) is 5.73 Å². The average molecular weight is 453 g/mol. The first-order valence-corrected chi connectivity index (χ1v) is 9.23. The Hall–Kier alpha value is -4.06. The minimum absolute atomic E-state index is 0.238. The lowest BCUT2D eigenvalue weighted by Gasteiger charge is -2.22. The van der Waals surface area contributed by atoms with Crippen LogP contribution in [0.15, 0.2) is 0 Å². The molecule has 6 N–H and O–H groups in total. The molecule has 0 rings (SSSR count). The largest absolute Gasteiger partial charge is 0.481 e. The van der Waals surface area contributed by atoms with Crippen molar-refractivity contribution in [2.75, 3.05) is 0 Å². The zero-order valence-electron chi connectivity index (χ0n) is 16.8. The highest BCUT2D eigenvalue weighted by molar-refractivity contribution is 6.25. The Morgan fingerprint density at radius 3 is 1.69 bits per heavy atom. The monoisotopic (exact) mass is 453 g/mol. The number of carboxylic acids is 2. The van der Waals surface area contributed by atoms with Crippen molar-refractivity contribution >= 4 is 47.7 Å². The van der Waals surface area contributed by atoms with Crippen molar-refractivity contribution in [3.63, 3.8) is 0 Å². The van der Waals surface area contributed by atoms with Crippen LogP contribution in [-0.4, -0.2) is 85.7 Å². The molecule has 0 aromatic rings. The van der Waals surface area contributed by atoms with Gasteiger partial charge in [-0.1, -0.05) is 0 Å². The molecule has 0 aromatic heterocycles. The molecule has 0 aliphatic rings. The van der Waals surface area contributed by atoms with E-state index in [0.29, 0.717) is 12.4 Å². The van der Waals surface area contributed by atoms with Gasteiger partial charge in [0.25, 0.3) is 0 Å². The van der Waals surface area contributed by atoms with Crippen LogP contribution in [-0.2, 0) is 28.8 Å². The third-order valence-corrected chi connectivity index (χ3v) is 4.02. The molecule has 0 saturated carbocycles. The van der Waals surface area contributed by atoms with E-state index in [2.05, 4.69) is 20.2 Å². The Morgan fingerprint density at radius 1 is 0.781 bits per heavy atom. The first-order chi connectivity index (χ1) is 15.0. The first-order valence-electron chi connectivity index (χ1n) is 9.23. The molecule has 0 aliphatic carbocycles. The third-order valence-electron chi connectivity index (χ3n) is 4.02. The number of rotatable bonds is 16. The van der Waals surface area contributed by atoms with Crippen LogP contribution in [0.2, 0.25) is 0 Å². The quantitative estimate of drug-likeness (QED) is 0.0939. The van der Waals surface area contributed by atoms with Gasteiger partial charge in [0.1, 0.15) is 12.1 Å². The van der Waals surface area contributed by atoms with Crippen LogP contribution in [0.5, 0.6) is 0 Å². The van der Waals surface area contributed by atoms with Gasteiger partial charge in [-0.3, -0.25) is 24.0 Å². The molecular weight excluding hydrogens is 430 g/mol. The molecule has 0 radical (unpaired) electrons. The number of nitrogens with zero attached hydrogens (tertiary/aromatic N) is 4. The molecule has 0 saturated heterocycles. The van der Waals surface area contributed by atoms with E-state index in [1.54, 1.807) is 0 Å². The number of nitrogens with one attached hydrogen (secondary N) is 2. The smallest absolute Gasteiger partial charge is 0.326 e. The fourth-order valence-corrected chi connectivity index (χ4v) is 2.32. The molecule has 0 unspecified atom stereocenters. The lowest BCUT2D eigenvalue weighted by Crippen LogP contribution is -2.54. The van der Waals surface area contributed by atoms with Crippen molar-refractivity contribution in [3.05, 3.63) is 11.1 Å². The van der Waals surface area contributed by atoms with E-state index < -0.39 is 59.9 Å². The summed E-state index contributed by atoms with van der Waals surface area (Å²) < 4.78 is 0. The molecule has 0 bridgehead atoms. The predicted molar refractivity (Wildman–Crippen MR) is 104 cm³/mol. The fraction of sp³-hybridized carbons (Fsp3) is 0.529. The topological polar surface area (TPSA) is 266 Å². The molecule has 15 nitrogen and oxygen atoms in total. The number of hydrogen-bond acceptors (Lipinski definition) is 7. The fourth-order valence-electron chi connectivity index (χ4n) is 2.32. The minimum atomic E-state index is -1.55. The lowest BCUT2D eigenvalue weighted by atomic mass is 10.0. The number of ketones is 2. The molecule has 3 atom stereocenters. The highest BCUT2D eigenvalue weighted by atomic mass is 16.4. The van der Waals surface area contributed by atoms with Crippen LogP contribution in [0, 0.1) is 0 Å². The summed E-state index contributed by atoms with van der Waals surface area (Å²) in [4.78, 5) is 74.7. The molecule has 2 amide bonds. The molecule has 0 aliphatic heterocycles. The van der Waals surface area contributed by atoms with Gasteiger partial charge in [0.05, 0.1) is 6.04 Å². The number of carbonyl (C=O) groups is 6. The van der Waals surface area contributed by atoms with Crippen LogP contribution < -0.4 is 16.4 Å². The highest BCUT2D eigenvalue weighted by Crippen LogP contribution is 2.05. The van der Waals surface area contributed by atoms with Gasteiger partial charge in [0, 0.05) is 19.3 Å². The van der Waals surface area contributed by atoms with Crippen molar-refractivity contribution in [2.45, 2.75) is 56.7 Å². The van der Waals surface area contributed by atoms with E-state index in [1.807, 2.05) is 0 Å². The van der Waals surface area contributed by atoms with Crippen LogP contribution in [0.3, 0.4) is 0 Å². The Bertz CT molecular complexity index is 846. The Morgan fingerprint density at radius 2 is 1.25 bits per heavy atom. The molecule has 15 heteroatoms. The van der Waals surface area contributed by atoms with E-state index in [9.17, 15) is 33.9 Å². The van der Waals surface area contributed by atoms with Gasteiger partial charge in [0.15, 0.2) is 0 Å². The Labute approximate surface area is 181 Å². The van der Waals surface area contributed by atoms with Crippen molar-refractivity contribution in [3.8, 4) is 0 Å². The maximum atomic E-state index is 12.6. The highest BCUT2D eigenvalue weighted by Gasteiger charge is 2.29. The zero-order valence-corrected chi connectivity index (χ0v) is 16.8. The van der Waals surface area contributed by atoms with Crippen molar-refractivity contribution < 1.29 is 48.6 Å². The maximum Gasteiger partial charge on any atom is 0.326 e. The summed E-state index contributed by atoms with van der Waals surface area (Å²) in [6.07, 6.45) is -0.932. The lowest BCUT2D eigenvalue weighted by molar-refractivity contribution is -0.142. The van der Waals surface area contributed by atoms with E-state index in [-0.39, 0.29) is 32.1 Å².